The van der Waals surface area contributed by atoms with Crippen LogP contribution in [0, 0.1) is 5.95 Å². The molecule has 0 fully saturated rings. The van der Waals surface area contributed by atoms with Gasteiger partial charge in [-0.05, 0) is 19.4 Å². The van der Waals surface area contributed by atoms with Crippen LogP contribution in [-0.2, 0) is 0 Å². The highest BCUT2D eigenvalue weighted by Gasteiger charge is 2.07. The quantitative estimate of drug-likeness (QED) is 0.510. The summed E-state index contributed by atoms with van der Waals surface area (Å²) in [6.45, 7) is 4.06. The summed E-state index contributed by atoms with van der Waals surface area (Å²) < 4.78 is 12.7. The Labute approximate surface area is 66.4 Å². The number of pyridine rings is 1. The van der Waals surface area contributed by atoms with E-state index in [0.717, 1.165) is 5.30 Å². The lowest BCUT2D eigenvalue weighted by Gasteiger charge is -2.08. The van der Waals surface area contributed by atoms with Gasteiger partial charge in [0.15, 0.2) is 0 Å². The predicted octanol–water partition coefficient (Wildman–Crippen LogP) is 1.17. The molecule has 1 rings (SSSR count). The van der Waals surface area contributed by atoms with E-state index in [2.05, 4.69) is 4.98 Å². The molecule has 60 valence electrons. The van der Waals surface area contributed by atoms with Crippen LogP contribution < -0.4 is 11.0 Å². The molecule has 0 aliphatic heterocycles. The molecule has 4 heteroatoms. The molecule has 0 saturated carbocycles. The van der Waals surface area contributed by atoms with Gasteiger partial charge in [0.05, 0.1) is 5.69 Å². The molecule has 0 saturated heterocycles. The first-order valence-electron chi connectivity index (χ1n) is 3.20. The van der Waals surface area contributed by atoms with Gasteiger partial charge in [-0.2, -0.15) is 4.39 Å². The zero-order chi connectivity index (χ0) is 8.43. The Morgan fingerprint density at radius 1 is 1.55 bits per heavy atom. The van der Waals surface area contributed by atoms with Crippen LogP contribution in [-0.4, -0.2) is 18.3 Å². The number of hydrogen-bond acceptors (Lipinski definition) is 2. The number of nitrogen functional groups attached to an aromatic ring is 1. The van der Waals surface area contributed by atoms with Gasteiger partial charge in [-0.25, -0.2) is 4.98 Å². The van der Waals surface area contributed by atoms with Crippen LogP contribution in [0.5, 0.6) is 0 Å². The average molecular weight is 172 g/mol. The Morgan fingerprint density at radius 3 is 2.64 bits per heavy atom. The largest absolute Gasteiger partial charge is 0.395 e. The van der Waals surface area contributed by atoms with Crippen LogP contribution in [0.4, 0.5) is 10.1 Å². The minimum absolute atomic E-state index is 0.198. The van der Waals surface area contributed by atoms with E-state index in [0.29, 0.717) is 0 Å². The summed E-state index contributed by atoms with van der Waals surface area (Å²) in [4.78, 5) is 3.44. The highest BCUT2D eigenvalue weighted by Crippen LogP contribution is 2.26. The third kappa shape index (κ3) is 1.66. The van der Waals surface area contributed by atoms with E-state index in [1.54, 1.807) is 6.07 Å². The van der Waals surface area contributed by atoms with Crippen LogP contribution >= 0.6 is 7.92 Å². The third-order valence-electron chi connectivity index (χ3n) is 1.40. The van der Waals surface area contributed by atoms with Crippen molar-refractivity contribution in [3.8, 4) is 0 Å². The number of halogens is 1. The van der Waals surface area contributed by atoms with E-state index in [-0.39, 0.29) is 13.6 Å². The topological polar surface area (TPSA) is 38.9 Å². The molecule has 1 heterocycles. The first-order chi connectivity index (χ1) is 5.13. The van der Waals surface area contributed by atoms with Crippen molar-refractivity contribution in [2.45, 2.75) is 0 Å². The molecule has 0 spiro atoms. The van der Waals surface area contributed by atoms with Crippen LogP contribution in [0.2, 0.25) is 0 Å². The number of rotatable bonds is 1. The molecule has 1 aromatic heterocycles. The lowest BCUT2D eigenvalue weighted by atomic mass is 10.4. The normalized spacial score (nSPS) is 10.5. The molecule has 0 aromatic carbocycles. The minimum atomic E-state index is -0.557. The van der Waals surface area contributed by atoms with Crippen molar-refractivity contribution in [2.24, 2.45) is 0 Å². The highest BCUT2D eigenvalue weighted by atomic mass is 31.1. The monoisotopic (exact) mass is 172 g/mol. The summed E-state index contributed by atoms with van der Waals surface area (Å²) in [5, 5.41) is 0.882. The van der Waals surface area contributed by atoms with Gasteiger partial charge in [-0.15, -0.1) is 0 Å². The van der Waals surface area contributed by atoms with Gasteiger partial charge < -0.3 is 5.73 Å². The van der Waals surface area contributed by atoms with Crippen molar-refractivity contribution in [1.82, 2.24) is 4.98 Å². The summed E-state index contributed by atoms with van der Waals surface area (Å²) in [5.74, 6) is -0.557. The van der Waals surface area contributed by atoms with E-state index in [1.165, 1.54) is 6.20 Å². The fraction of sp³-hybridized carbons (Fsp3) is 0.286. The number of hydrogen-bond donors (Lipinski definition) is 1. The lowest BCUT2D eigenvalue weighted by Crippen LogP contribution is -2.10. The van der Waals surface area contributed by atoms with Gasteiger partial charge in [0.25, 0.3) is 0 Å². The fourth-order valence-electron chi connectivity index (χ4n) is 0.828. The molecule has 0 aliphatic rings. The molecule has 1 aromatic rings. The van der Waals surface area contributed by atoms with E-state index in [1.807, 2.05) is 13.3 Å². The number of nitrogens with two attached hydrogens (primary N) is 1. The van der Waals surface area contributed by atoms with Gasteiger partial charge in [-0.3, -0.25) is 0 Å². The van der Waals surface area contributed by atoms with E-state index in [4.69, 9.17) is 5.73 Å². The van der Waals surface area contributed by atoms with Crippen molar-refractivity contribution in [3.63, 3.8) is 0 Å². The molecule has 0 unspecified atom stereocenters. The Morgan fingerprint density at radius 2 is 2.18 bits per heavy atom. The zero-order valence-corrected chi connectivity index (χ0v) is 7.40. The second kappa shape index (κ2) is 3.14. The Hall–Kier alpha value is -0.690. The van der Waals surface area contributed by atoms with Crippen molar-refractivity contribution in [2.75, 3.05) is 19.1 Å². The summed E-state index contributed by atoms with van der Waals surface area (Å²) in [5.41, 5.74) is 5.66. The summed E-state index contributed by atoms with van der Waals surface area (Å²) in [6.07, 6.45) is 1.45. The van der Waals surface area contributed by atoms with Crippen molar-refractivity contribution in [3.05, 3.63) is 18.2 Å². The first-order valence-corrected chi connectivity index (χ1v) is 5.44. The fourth-order valence-corrected chi connectivity index (χ4v) is 1.77. The van der Waals surface area contributed by atoms with E-state index < -0.39 is 5.95 Å². The molecule has 0 atom stereocenters. The van der Waals surface area contributed by atoms with E-state index in [9.17, 15) is 4.39 Å². The van der Waals surface area contributed by atoms with Gasteiger partial charge in [0.1, 0.15) is 0 Å². The van der Waals surface area contributed by atoms with Gasteiger partial charge in [0.2, 0.25) is 5.95 Å². The summed E-state index contributed by atoms with van der Waals surface area (Å²) in [6, 6.07) is 1.77. The maximum atomic E-state index is 12.7. The van der Waals surface area contributed by atoms with Gasteiger partial charge in [-0.1, -0.05) is 7.92 Å². The first kappa shape index (κ1) is 8.41. The Bertz CT molecular complexity index is 263. The minimum Gasteiger partial charge on any atom is -0.395 e. The summed E-state index contributed by atoms with van der Waals surface area (Å²) in [7, 11) is -0.338. The molecule has 0 aliphatic carbocycles. The van der Waals surface area contributed by atoms with Gasteiger partial charge in [0, 0.05) is 11.5 Å². The van der Waals surface area contributed by atoms with Gasteiger partial charge >= 0.3 is 0 Å². The molecular weight excluding hydrogens is 162 g/mol. The second-order valence-electron chi connectivity index (χ2n) is 2.43. The Kier molecular flexibility index (Phi) is 2.40. The standard InChI is InChI=1S/C7H10FN2P/c1-11(2)5-3-4-10-7(8)6(5)9/h3-4H,9H2,1-2H3. The molecule has 11 heavy (non-hydrogen) atoms. The van der Waals surface area contributed by atoms with Crippen LogP contribution in [0.1, 0.15) is 0 Å². The lowest BCUT2D eigenvalue weighted by molar-refractivity contribution is 0.590. The molecule has 0 bridgehead atoms. The van der Waals surface area contributed by atoms with Crippen LogP contribution in [0.15, 0.2) is 12.3 Å². The molecule has 2 N–H and O–H groups in total. The van der Waals surface area contributed by atoms with E-state index >= 15 is 0 Å². The smallest absolute Gasteiger partial charge is 0.236 e. The maximum absolute atomic E-state index is 12.7. The predicted molar refractivity (Wildman–Crippen MR) is 47.0 cm³/mol. The SMILES string of the molecule is CP(C)c1ccnc(F)c1N. The van der Waals surface area contributed by atoms with Crippen molar-refractivity contribution < 1.29 is 4.39 Å². The molecular formula is C7H10FN2P. The molecule has 0 radical (unpaired) electrons. The van der Waals surface area contributed by atoms with Crippen LogP contribution in [0.3, 0.4) is 0 Å². The zero-order valence-electron chi connectivity index (χ0n) is 6.50. The number of aromatic nitrogens is 1. The van der Waals surface area contributed by atoms with Crippen LogP contribution in [0.25, 0.3) is 0 Å². The molecule has 0 amide bonds. The highest BCUT2D eigenvalue weighted by molar-refractivity contribution is 7.64. The maximum Gasteiger partial charge on any atom is 0.236 e. The average Bonchev–Trinajstić information content (AvgIpc) is 1.94. The third-order valence-corrected chi connectivity index (χ3v) is 2.75. The van der Waals surface area contributed by atoms with Crippen molar-refractivity contribution in [1.29, 1.82) is 0 Å². The summed E-state index contributed by atoms with van der Waals surface area (Å²) >= 11 is 0. The number of nitrogens with zero attached hydrogens (tertiary/aromatic N) is 1. The Balaban J connectivity index is 3.17. The molecule has 2 nitrogen and oxygen atoms in total. The number of anilines is 1. The second-order valence-corrected chi connectivity index (χ2v) is 4.70. The van der Waals surface area contributed by atoms with Crippen molar-refractivity contribution >= 4 is 18.9 Å².